The van der Waals surface area contributed by atoms with Crippen LogP contribution in [0.25, 0.3) is 0 Å². The Hall–Kier alpha value is -0.830. The summed E-state index contributed by atoms with van der Waals surface area (Å²) in [7, 11) is 1.96. The van der Waals surface area contributed by atoms with E-state index in [4.69, 9.17) is 0 Å². The molecule has 15 heavy (non-hydrogen) atoms. The second kappa shape index (κ2) is 4.79. The number of rotatable bonds is 4. The molecule has 2 unspecified atom stereocenters. The van der Waals surface area contributed by atoms with Crippen molar-refractivity contribution < 1.29 is 0 Å². The van der Waals surface area contributed by atoms with Gasteiger partial charge in [0.25, 0.3) is 0 Å². The van der Waals surface area contributed by atoms with Crippen molar-refractivity contribution in [1.29, 1.82) is 0 Å². The highest BCUT2D eigenvalue weighted by molar-refractivity contribution is 4.97. The Morgan fingerprint density at radius 2 is 2.40 bits per heavy atom. The van der Waals surface area contributed by atoms with Gasteiger partial charge in [-0.3, -0.25) is 4.68 Å². The van der Waals surface area contributed by atoms with E-state index in [0.717, 1.165) is 30.6 Å². The quantitative estimate of drug-likeness (QED) is 0.817. The summed E-state index contributed by atoms with van der Waals surface area (Å²) >= 11 is 0. The van der Waals surface area contributed by atoms with Gasteiger partial charge in [-0.2, -0.15) is 5.10 Å². The molecule has 0 bridgehead atoms. The average molecular weight is 207 g/mol. The maximum absolute atomic E-state index is 4.34. The fraction of sp³-hybridized carbons (Fsp3) is 0.750. The van der Waals surface area contributed by atoms with Crippen LogP contribution in [0.1, 0.15) is 31.9 Å². The highest BCUT2D eigenvalue weighted by Gasteiger charge is 2.20. The van der Waals surface area contributed by atoms with Crippen LogP contribution in [0.4, 0.5) is 0 Å². The maximum Gasteiger partial charge on any atom is 0.0762 e. The van der Waals surface area contributed by atoms with Gasteiger partial charge in [0.05, 0.1) is 5.69 Å². The first-order chi connectivity index (χ1) is 7.24. The maximum atomic E-state index is 4.34. The van der Waals surface area contributed by atoms with Crippen molar-refractivity contribution >= 4 is 0 Å². The van der Waals surface area contributed by atoms with Crippen LogP contribution in [0, 0.1) is 11.8 Å². The van der Waals surface area contributed by atoms with Gasteiger partial charge in [-0.1, -0.05) is 13.3 Å². The Bertz CT molecular complexity index is 306. The molecule has 0 radical (unpaired) electrons. The SMILES string of the molecule is CC1CCC(CNCc2ccn(C)n2)C1. The topological polar surface area (TPSA) is 29.9 Å². The molecule has 0 saturated heterocycles. The lowest BCUT2D eigenvalue weighted by Gasteiger charge is -2.09. The van der Waals surface area contributed by atoms with Gasteiger partial charge < -0.3 is 5.32 Å². The normalized spacial score (nSPS) is 26.0. The van der Waals surface area contributed by atoms with E-state index >= 15 is 0 Å². The molecule has 1 aromatic rings. The predicted octanol–water partition coefficient (Wildman–Crippen LogP) is 1.95. The van der Waals surface area contributed by atoms with Crippen molar-refractivity contribution in [2.45, 2.75) is 32.7 Å². The van der Waals surface area contributed by atoms with Crippen LogP contribution in [0.5, 0.6) is 0 Å². The molecule has 2 atom stereocenters. The number of nitrogens with zero attached hydrogens (tertiary/aromatic N) is 2. The molecule has 2 rings (SSSR count). The van der Waals surface area contributed by atoms with Crippen LogP contribution < -0.4 is 5.32 Å². The zero-order valence-corrected chi connectivity index (χ0v) is 9.74. The fourth-order valence-corrected chi connectivity index (χ4v) is 2.47. The summed E-state index contributed by atoms with van der Waals surface area (Å²) in [4.78, 5) is 0. The average Bonchev–Trinajstić information content (AvgIpc) is 2.76. The number of hydrogen-bond donors (Lipinski definition) is 1. The molecule has 1 heterocycles. The molecule has 1 N–H and O–H groups in total. The minimum absolute atomic E-state index is 0.892. The van der Waals surface area contributed by atoms with Crippen LogP contribution in [0.15, 0.2) is 12.3 Å². The van der Waals surface area contributed by atoms with Gasteiger partial charge in [0.15, 0.2) is 0 Å². The molecule has 0 aliphatic heterocycles. The predicted molar refractivity (Wildman–Crippen MR) is 61.4 cm³/mol. The number of hydrogen-bond acceptors (Lipinski definition) is 2. The largest absolute Gasteiger partial charge is 0.311 e. The molecule has 1 fully saturated rings. The second-order valence-electron chi connectivity index (χ2n) is 4.90. The Morgan fingerprint density at radius 3 is 3.00 bits per heavy atom. The van der Waals surface area contributed by atoms with Crippen molar-refractivity contribution in [3.63, 3.8) is 0 Å². The Morgan fingerprint density at radius 1 is 1.53 bits per heavy atom. The van der Waals surface area contributed by atoms with Crippen molar-refractivity contribution in [2.75, 3.05) is 6.54 Å². The highest BCUT2D eigenvalue weighted by Crippen LogP contribution is 2.29. The van der Waals surface area contributed by atoms with Crippen LogP contribution >= 0.6 is 0 Å². The Balaban J connectivity index is 1.67. The molecule has 84 valence electrons. The second-order valence-corrected chi connectivity index (χ2v) is 4.90. The third-order valence-corrected chi connectivity index (χ3v) is 3.31. The Labute approximate surface area is 91.9 Å². The van der Waals surface area contributed by atoms with Gasteiger partial charge in [0.2, 0.25) is 0 Å². The summed E-state index contributed by atoms with van der Waals surface area (Å²) in [6, 6.07) is 2.07. The third kappa shape index (κ3) is 3.06. The first-order valence-electron chi connectivity index (χ1n) is 5.93. The van der Waals surface area contributed by atoms with E-state index in [1.807, 2.05) is 17.9 Å². The molecule has 0 amide bonds. The molecule has 1 aromatic heterocycles. The standard InChI is InChI=1S/C12H21N3/c1-10-3-4-11(7-10)8-13-9-12-5-6-15(2)14-12/h5-6,10-11,13H,3-4,7-9H2,1-2H3. The molecule has 3 heteroatoms. The number of aromatic nitrogens is 2. The van der Waals surface area contributed by atoms with Gasteiger partial charge in [0, 0.05) is 19.8 Å². The molecule has 1 aliphatic rings. The fourth-order valence-electron chi connectivity index (χ4n) is 2.47. The van der Waals surface area contributed by atoms with E-state index < -0.39 is 0 Å². The molecule has 0 spiro atoms. The van der Waals surface area contributed by atoms with Crippen LogP contribution in [0.2, 0.25) is 0 Å². The minimum atomic E-state index is 0.892. The van der Waals surface area contributed by atoms with Crippen molar-refractivity contribution in [1.82, 2.24) is 15.1 Å². The summed E-state index contributed by atoms with van der Waals surface area (Å²) in [5.74, 6) is 1.83. The lowest BCUT2D eigenvalue weighted by molar-refractivity contribution is 0.468. The molecule has 1 saturated carbocycles. The smallest absolute Gasteiger partial charge is 0.0762 e. The third-order valence-electron chi connectivity index (χ3n) is 3.31. The Kier molecular flexibility index (Phi) is 3.41. The zero-order chi connectivity index (χ0) is 10.7. The summed E-state index contributed by atoms with van der Waals surface area (Å²) in [6.45, 7) is 4.42. The molecule has 3 nitrogen and oxygen atoms in total. The highest BCUT2D eigenvalue weighted by atomic mass is 15.3. The van der Waals surface area contributed by atoms with Crippen LogP contribution in [-0.2, 0) is 13.6 Å². The first-order valence-corrected chi connectivity index (χ1v) is 5.93. The van der Waals surface area contributed by atoms with E-state index in [-0.39, 0.29) is 0 Å². The molecular formula is C12H21N3. The van der Waals surface area contributed by atoms with Gasteiger partial charge in [0.1, 0.15) is 0 Å². The van der Waals surface area contributed by atoms with E-state index in [9.17, 15) is 0 Å². The van der Waals surface area contributed by atoms with Gasteiger partial charge in [-0.25, -0.2) is 0 Å². The summed E-state index contributed by atoms with van der Waals surface area (Å²) < 4.78 is 1.86. The molecule has 1 aliphatic carbocycles. The van der Waals surface area contributed by atoms with E-state index in [0.29, 0.717) is 0 Å². The van der Waals surface area contributed by atoms with Crippen molar-refractivity contribution in [2.24, 2.45) is 18.9 Å². The van der Waals surface area contributed by atoms with Gasteiger partial charge >= 0.3 is 0 Å². The van der Waals surface area contributed by atoms with E-state index in [1.165, 1.54) is 19.3 Å². The first kappa shape index (κ1) is 10.7. The summed E-state index contributed by atoms with van der Waals surface area (Å²) in [5.41, 5.74) is 1.14. The zero-order valence-electron chi connectivity index (χ0n) is 9.74. The van der Waals surface area contributed by atoms with Crippen molar-refractivity contribution in [3.8, 4) is 0 Å². The van der Waals surface area contributed by atoms with Crippen LogP contribution in [0.3, 0.4) is 0 Å². The molecular weight excluding hydrogens is 186 g/mol. The minimum Gasteiger partial charge on any atom is -0.311 e. The lowest BCUT2D eigenvalue weighted by Crippen LogP contribution is -2.21. The monoisotopic (exact) mass is 207 g/mol. The number of nitrogens with one attached hydrogen (secondary N) is 1. The van der Waals surface area contributed by atoms with E-state index in [2.05, 4.69) is 23.4 Å². The molecule has 0 aromatic carbocycles. The van der Waals surface area contributed by atoms with Gasteiger partial charge in [-0.05, 0) is 37.3 Å². The lowest BCUT2D eigenvalue weighted by atomic mass is 10.1. The summed E-state index contributed by atoms with van der Waals surface area (Å²) in [5, 5.41) is 7.85. The van der Waals surface area contributed by atoms with Crippen molar-refractivity contribution in [3.05, 3.63) is 18.0 Å². The number of aryl methyl sites for hydroxylation is 1. The van der Waals surface area contributed by atoms with E-state index in [1.54, 1.807) is 0 Å². The summed E-state index contributed by atoms with van der Waals surface area (Å²) in [6.07, 6.45) is 6.20. The van der Waals surface area contributed by atoms with Gasteiger partial charge in [-0.15, -0.1) is 0 Å². The van der Waals surface area contributed by atoms with Crippen LogP contribution in [-0.4, -0.2) is 16.3 Å².